The maximum Gasteiger partial charge on any atom is 0.303 e. The molecule has 5 aromatic rings. The van der Waals surface area contributed by atoms with Gasteiger partial charge in [0.2, 0.25) is 94.5 Å². The summed E-state index contributed by atoms with van der Waals surface area (Å²) in [5.74, 6) is -18.2. The number of carboxylic acids is 1. The standard InChI is InChI=1S/C78H109N19O20S2/c1-40(98)62(95-70(111)56(37-59(83)102)93-73(114)63(76(3,4)118)87-41(2)99)72(113)91-54(35-46-38-85-49-17-11-10-16-48(46)49)69(110)88-50(24-26-57(81)100)67(108)96-64(77(5,6)119)74(115)92-52(33-42-19-22-47(23-20-42)117-31-30-80)68(109)89-53(34-43-18-21-44-14-8-9-15-45(44)32-43)71(112)97-78(7,28-12-13-29-79)75(116)94-51(25-27-61(104)105)66(107)90-55(36-58(82)101)65(106)86-39-60(84)103/h8-11,14-23,32,38,40,50-56,62-64,85,98,118-119H,12-13,24-31,33-37,39,79-80H2,1-7H3,(H2,81,100)(H2,82,101)(H2,83,102)(H2,84,103)(H,86,106)(H,87,99)(H,88,110)(H,89,109)(H,90,107)(H,91,113)(H,92,115)(H,93,114)(H,94,116)(H,95,111)(H,96,108)(H,97,112)(H,104,105)/t40-,50+,51+,52+,53+,54+,55+,56+,62+,63-,64-,78+/m1/s1. The minimum Gasteiger partial charge on any atom is -0.492 e. The molecule has 39 nitrogen and oxygen atoms in total. The average molecular weight is 1700 g/mol. The molecule has 648 valence electrons. The van der Waals surface area contributed by atoms with Crippen LogP contribution in [0.2, 0.25) is 0 Å². The number of nitrogens with two attached hydrogens (primary N) is 6. The lowest BCUT2D eigenvalue weighted by Gasteiger charge is -2.34. The Morgan fingerprint density at radius 3 is 1.55 bits per heavy atom. The second-order valence-corrected chi connectivity index (χ2v) is 32.3. The van der Waals surface area contributed by atoms with Crippen molar-refractivity contribution in [1.82, 2.24) is 68.8 Å². The Balaban J connectivity index is 1.57. The Kier molecular flexibility index (Phi) is 37.5. The van der Waals surface area contributed by atoms with Gasteiger partial charge in [-0.2, -0.15) is 25.3 Å². The molecule has 0 saturated heterocycles. The Hall–Kier alpha value is -11.9. The van der Waals surface area contributed by atoms with E-state index in [2.05, 4.69) is 81.4 Å². The summed E-state index contributed by atoms with van der Waals surface area (Å²) in [4.78, 5) is 237. The van der Waals surface area contributed by atoms with E-state index in [1.165, 1.54) is 40.8 Å². The number of aliphatic hydroxyl groups is 1. The van der Waals surface area contributed by atoms with Crippen molar-refractivity contribution in [3.05, 3.63) is 114 Å². The van der Waals surface area contributed by atoms with Crippen LogP contribution in [0, 0.1) is 0 Å². The molecule has 16 amide bonds. The first-order valence-corrected chi connectivity index (χ1v) is 39.0. The number of ether oxygens (including phenoxy) is 1. The van der Waals surface area contributed by atoms with Crippen molar-refractivity contribution in [2.45, 2.75) is 207 Å². The number of para-hydroxylation sites is 1. The number of fused-ring (bicyclic) bond motifs is 2. The van der Waals surface area contributed by atoms with Crippen LogP contribution in [0.15, 0.2) is 97.2 Å². The highest BCUT2D eigenvalue weighted by molar-refractivity contribution is 7.82. The zero-order valence-corrected chi connectivity index (χ0v) is 68.8. The number of aliphatic carboxylic acids is 1. The molecule has 4 aromatic carbocycles. The van der Waals surface area contributed by atoms with Gasteiger partial charge < -0.3 is 118 Å². The monoisotopic (exact) mass is 1700 g/mol. The Labute approximate surface area is 696 Å². The number of H-pyrrole nitrogens is 1. The maximum atomic E-state index is 15.5. The lowest BCUT2D eigenvalue weighted by molar-refractivity contribution is -0.140. The zero-order valence-electron chi connectivity index (χ0n) is 67.0. The first-order valence-electron chi connectivity index (χ1n) is 38.1. The minimum absolute atomic E-state index is 0.0956. The topological polar surface area (TPSA) is 656 Å². The highest BCUT2D eigenvalue weighted by Gasteiger charge is 2.44. The molecule has 0 aliphatic carbocycles. The van der Waals surface area contributed by atoms with E-state index >= 15 is 24.0 Å². The van der Waals surface area contributed by atoms with Crippen molar-refractivity contribution >= 4 is 147 Å². The van der Waals surface area contributed by atoms with Gasteiger partial charge in [-0.05, 0) is 126 Å². The highest BCUT2D eigenvalue weighted by atomic mass is 32.1. The van der Waals surface area contributed by atoms with Crippen molar-refractivity contribution in [3.8, 4) is 5.75 Å². The van der Waals surface area contributed by atoms with Gasteiger partial charge in [0.05, 0.1) is 25.5 Å². The summed E-state index contributed by atoms with van der Waals surface area (Å²) < 4.78 is 2.81. The first-order chi connectivity index (χ1) is 55.8. The molecule has 12 atom stereocenters. The molecular weight excluding hydrogens is 1590 g/mol. The molecule has 1 aromatic heterocycles. The second-order valence-electron chi connectivity index (χ2n) is 30.0. The van der Waals surface area contributed by atoms with E-state index in [0.29, 0.717) is 38.7 Å². The molecule has 0 saturated carbocycles. The Morgan fingerprint density at radius 1 is 0.487 bits per heavy atom. The molecule has 0 spiro atoms. The van der Waals surface area contributed by atoms with Crippen LogP contribution >= 0.6 is 25.3 Å². The van der Waals surface area contributed by atoms with Crippen molar-refractivity contribution in [2.24, 2.45) is 34.4 Å². The number of hydrogen-bond donors (Lipinski definition) is 23. The molecule has 0 aliphatic heterocycles. The summed E-state index contributed by atoms with van der Waals surface area (Å²) in [5.41, 5.74) is 33.0. The number of carbonyl (C=O) groups excluding carboxylic acids is 16. The number of carbonyl (C=O) groups is 17. The summed E-state index contributed by atoms with van der Waals surface area (Å²) in [5, 5.41) is 52.7. The van der Waals surface area contributed by atoms with Crippen molar-refractivity contribution in [3.63, 3.8) is 0 Å². The van der Waals surface area contributed by atoms with Gasteiger partial charge in [0.25, 0.3) is 0 Å². The molecular formula is C78H109N19O20S2. The number of amides is 16. The lowest BCUT2D eigenvalue weighted by atomic mass is 9.91. The van der Waals surface area contributed by atoms with E-state index in [0.717, 1.165) is 19.2 Å². The number of thiol groups is 2. The minimum atomic E-state index is -2.08. The van der Waals surface area contributed by atoms with E-state index in [4.69, 9.17) is 51.8 Å². The summed E-state index contributed by atoms with van der Waals surface area (Å²) in [6.45, 7) is 8.92. The van der Waals surface area contributed by atoms with Crippen molar-refractivity contribution in [1.29, 1.82) is 0 Å². The number of nitrogens with one attached hydrogen (secondary N) is 13. The third-order valence-corrected chi connectivity index (χ3v) is 19.3. The molecule has 0 unspecified atom stereocenters. The summed E-state index contributed by atoms with van der Waals surface area (Å²) in [6, 6.07) is 7.81. The van der Waals surface area contributed by atoms with Crippen LogP contribution in [0.25, 0.3) is 21.7 Å². The molecule has 0 bridgehead atoms. The van der Waals surface area contributed by atoms with Gasteiger partial charge in [-0.3, -0.25) is 81.5 Å². The van der Waals surface area contributed by atoms with E-state index in [1.54, 1.807) is 84.9 Å². The van der Waals surface area contributed by atoms with E-state index in [9.17, 15) is 67.7 Å². The fourth-order valence-electron chi connectivity index (χ4n) is 12.4. The molecule has 119 heavy (non-hydrogen) atoms. The van der Waals surface area contributed by atoms with Crippen LogP contribution in [0.5, 0.6) is 5.75 Å². The predicted octanol–water partition coefficient (Wildman–Crippen LogP) is -4.16. The number of benzene rings is 4. The number of primary amides is 4. The molecule has 0 aliphatic rings. The van der Waals surface area contributed by atoms with Gasteiger partial charge in [-0.15, -0.1) is 0 Å². The fraction of sp³-hybridized carbons (Fsp3) is 0.474. The molecule has 5 rings (SSSR count). The third kappa shape index (κ3) is 31.8. The smallest absolute Gasteiger partial charge is 0.303 e. The first kappa shape index (κ1) is 97.6. The van der Waals surface area contributed by atoms with Gasteiger partial charge in [0, 0.05) is 72.2 Å². The Morgan fingerprint density at radius 2 is 0.975 bits per heavy atom. The average Bonchev–Trinajstić information content (AvgIpc) is 1.80. The van der Waals surface area contributed by atoms with E-state index < -0.39 is 234 Å². The second kappa shape index (κ2) is 45.7. The Bertz CT molecular complexity index is 4500. The molecule has 41 heteroatoms. The van der Waals surface area contributed by atoms with Gasteiger partial charge in [-0.25, -0.2) is 0 Å². The number of rotatable bonds is 50. The number of aliphatic hydroxyl groups excluding tert-OH is 1. The van der Waals surface area contributed by atoms with Gasteiger partial charge in [0.1, 0.15) is 78.3 Å². The van der Waals surface area contributed by atoms with Crippen LogP contribution in [-0.4, -0.2) is 223 Å². The number of aromatic amines is 1. The molecule has 27 N–H and O–H groups in total. The molecule has 0 radical (unpaired) electrons. The fourth-order valence-corrected chi connectivity index (χ4v) is 12.8. The van der Waals surface area contributed by atoms with Gasteiger partial charge in [-0.1, -0.05) is 72.8 Å². The van der Waals surface area contributed by atoms with Crippen LogP contribution < -0.4 is 103 Å². The van der Waals surface area contributed by atoms with E-state index in [1.807, 2.05) is 6.07 Å². The van der Waals surface area contributed by atoms with Crippen LogP contribution in [0.4, 0.5) is 0 Å². The van der Waals surface area contributed by atoms with Crippen LogP contribution in [0.1, 0.15) is 123 Å². The largest absolute Gasteiger partial charge is 0.492 e. The normalized spacial score (nSPS) is 14.7. The number of aromatic nitrogens is 1. The number of hydrogen-bond acceptors (Lipinski definition) is 23. The molecule has 1 heterocycles. The predicted molar refractivity (Wildman–Crippen MR) is 442 cm³/mol. The lowest BCUT2D eigenvalue weighted by Crippen LogP contribution is -2.65. The highest BCUT2D eigenvalue weighted by Crippen LogP contribution is 2.25. The van der Waals surface area contributed by atoms with Crippen molar-refractivity contribution in [2.75, 3.05) is 26.2 Å². The van der Waals surface area contributed by atoms with Crippen molar-refractivity contribution < 1.29 is 96.5 Å². The van der Waals surface area contributed by atoms with Gasteiger partial charge >= 0.3 is 5.97 Å². The summed E-state index contributed by atoms with van der Waals surface area (Å²) >= 11 is 9.13. The molecule has 0 fully saturated rings. The number of carboxylic acid groups (broad SMARTS) is 1. The quantitative estimate of drug-likeness (QED) is 0.0130. The summed E-state index contributed by atoms with van der Waals surface area (Å²) in [6.07, 6.45) is -5.43. The van der Waals surface area contributed by atoms with Gasteiger partial charge in [0.15, 0.2) is 0 Å². The SMILES string of the molecule is CC(=O)N[C@H](C(=O)N[C@@H](CC(N)=O)C(=O)N[C@H](C(=O)N[C@@H](Cc1c[nH]c2ccccc12)C(=O)N[C@@H](CCC(N)=O)C(=O)N[C@H](C(=O)N[C@@H](Cc1ccc(OCCN)cc1)C(=O)N[C@@H](Cc1ccc2ccccc2c1)C(=O)N[C@@](C)(CCCCN)C(=O)N[C@@H](CCC(=O)O)C(=O)N[C@@H](CC(N)=O)C(=O)NCC(N)=O)C(C)(C)S)[C@@H](C)O)C(C)(C)S. The third-order valence-electron chi connectivity index (χ3n) is 18.8. The number of unbranched alkanes of at least 4 members (excludes halogenated alkanes) is 1. The van der Waals surface area contributed by atoms with E-state index in [-0.39, 0.29) is 51.8 Å². The zero-order chi connectivity index (χ0) is 88.8. The van der Waals surface area contributed by atoms with Crippen LogP contribution in [-0.2, 0) is 101 Å². The summed E-state index contributed by atoms with van der Waals surface area (Å²) in [7, 11) is 0. The maximum absolute atomic E-state index is 15.5. The van der Waals surface area contributed by atoms with Crippen LogP contribution in [0.3, 0.4) is 0 Å².